The second kappa shape index (κ2) is 7.75. The van der Waals surface area contributed by atoms with Crippen LogP contribution in [0.25, 0.3) is 0 Å². The van der Waals surface area contributed by atoms with Crippen molar-refractivity contribution >= 4 is 17.3 Å². The topological polar surface area (TPSA) is 52.5 Å². The number of nitrogens with zero attached hydrogens (tertiary/aromatic N) is 3. The molecule has 0 saturated heterocycles. The summed E-state index contributed by atoms with van der Waals surface area (Å²) in [6.45, 7) is 10.3. The first-order chi connectivity index (χ1) is 10.1. The largest absolute Gasteiger partial charge is 0.355 e. The zero-order valence-corrected chi connectivity index (χ0v) is 14.4. The molecule has 2 rings (SSSR count). The molecule has 118 valence electrons. The Morgan fingerprint density at radius 1 is 1.38 bits per heavy atom. The lowest BCUT2D eigenvalue weighted by atomic mass is 10.4. The maximum absolute atomic E-state index is 4.53. The van der Waals surface area contributed by atoms with Crippen molar-refractivity contribution in [2.24, 2.45) is 4.99 Å². The second-order valence-electron chi connectivity index (χ2n) is 5.46. The van der Waals surface area contributed by atoms with Crippen molar-refractivity contribution in [1.29, 1.82) is 0 Å². The molecule has 5 nitrogen and oxygen atoms in total. The summed E-state index contributed by atoms with van der Waals surface area (Å²) in [5.74, 6) is 0.854. The Bertz CT molecular complexity index is 459. The molecule has 0 atom stereocenters. The Morgan fingerprint density at radius 3 is 2.67 bits per heavy atom. The van der Waals surface area contributed by atoms with Gasteiger partial charge >= 0.3 is 0 Å². The SMILES string of the molecule is CCN(CCNC(=NC)NCc1nc(C)c(C)s1)C1CC1. The van der Waals surface area contributed by atoms with E-state index < -0.39 is 0 Å². The van der Waals surface area contributed by atoms with E-state index in [1.54, 1.807) is 11.3 Å². The van der Waals surface area contributed by atoms with Gasteiger partial charge in [0.25, 0.3) is 0 Å². The minimum atomic E-state index is 0.735. The number of guanidine groups is 1. The monoisotopic (exact) mass is 309 g/mol. The van der Waals surface area contributed by atoms with Crippen LogP contribution >= 0.6 is 11.3 Å². The lowest BCUT2D eigenvalue weighted by molar-refractivity contribution is 0.282. The van der Waals surface area contributed by atoms with Crippen LogP contribution in [0.15, 0.2) is 4.99 Å². The van der Waals surface area contributed by atoms with Crippen LogP contribution in [0, 0.1) is 13.8 Å². The molecule has 2 N–H and O–H groups in total. The highest BCUT2D eigenvalue weighted by Gasteiger charge is 2.27. The predicted molar refractivity (Wildman–Crippen MR) is 90.1 cm³/mol. The zero-order valence-electron chi connectivity index (χ0n) is 13.6. The average molecular weight is 309 g/mol. The van der Waals surface area contributed by atoms with Gasteiger partial charge < -0.3 is 10.6 Å². The van der Waals surface area contributed by atoms with Gasteiger partial charge in [-0.25, -0.2) is 4.98 Å². The lowest BCUT2D eigenvalue weighted by Gasteiger charge is -2.20. The Labute approximate surface area is 131 Å². The molecule has 6 heteroatoms. The summed E-state index contributed by atoms with van der Waals surface area (Å²) in [6, 6.07) is 0.827. The van der Waals surface area contributed by atoms with Crippen LogP contribution < -0.4 is 10.6 Å². The van der Waals surface area contributed by atoms with E-state index in [1.165, 1.54) is 17.7 Å². The van der Waals surface area contributed by atoms with Crippen LogP contribution in [-0.4, -0.2) is 48.6 Å². The summed E-state index contributed by atoms with van der Waals surface area (Å²) in [7, 11) is 1.81. The highest BCUT2D eigenvalue weighted by molar-refractivity contribution is 7.11. The molecule has 21 heavy (non-hydrogen) atoms. The van der Waals surface area contributed by atoms with Gasteiger partial charge in [-0.15, -0.1) is 11.3 Å². The van der Waals surface area contributed by atoms with Crippen LogP contribution in [0.2, 0.25) is 0 Å². The summed E-state index contributed by atoms with van der Waals surface area (Å²) >= 11 is 1.75. The van der Waals surface area contributed by atoms with Gasteiger partial charge in [-0.3, -0.25) is 9.89 Å². The maximum atomic E-state index is 4.53. The molecule has 1 aromatic heterocycles. The van der Waals surface area contributed by atoms with Crippen molar-refractivity contribution in [1.82, 2.24) is 20.5 Å². The summed E-state index contributed by atoms with van der Waals surface area (Å²) in [5.41, 5.74) is 1.13. The molecule has 0 amide bonds. The zero-order chi connectivity index (χ0) is 15.2. The number of aliphatic imine (C=N–C) groups is 1. The number of aryl methyl sites for hydroxylation is 2. The number of aromatic nitrogens is 1. The summed E-state index contributed by atoms with van der Waals surface area (Å²) in [5, 5.41) is 7.83. The second-order valence-corrected chi connectivity index (χ2v) is 6.75. The molecule has 0 unspecified atom stereocenters. The van der Waals surface area contributed by atoms with E-state index in [1.807, 2.05) is 7.05 Å². The van der Waals surface area contributed by atoms with E-state index >= 15 is 0 Å². The molecule has 1 fully saturated rings. The van der Waals surface area contributed by atoms with Gasteiger partial charge in [-0.1, -0.05) is 6.92 Å². The molecule has 1 aliphatic carbocycles. The molecule has 1 aromatic rings. The Kier molecular flexibility index (Phi) is 5.99. The van der Waals surface area contributed by atoms with E-state index in [9.17, 15) is 0 Å². The Hall–Kier alpha value is -1.14. The third-order valence-electron chi connectivity index (χ3n) is 3.86. The first kappa shape index (κ1) is 16.2. The minimum absolute atomic E-state index is 0.735. The fraction of sp³-hybridized carbons (Fsp3) is 0.733. The smallest absolute Gasteiger partial charge is 0.191 e. The lowest BCUT2D eigenvalue weighted by Crippen LogP contribution is -2.41. The molecular formula is C15H27N5S. The molecule has 0 aliphatic heterocycles. The van der Waals surface area contributed by atoms with Crippen molar-refractivity contribution in [3.8, 4) is 0 Å². The van der Waals surface area contributed by atoms with Crippen molar-refractivity contribution in [2.45, 2.75) is 46.2 Å². The number of hydrogen-bond acceptors (Lipinski definition) is 4. The number of hydrogen-bond donors (Lipinski definition) is 2. The molecular weight excluding hydrogens is 282 g/mol. The molecule has 0 radical (unpaired) electrons. The Balaban J connectivity index is 1.70. The van der Waals surface area contributed by atoms with Gasteiger partial charge in [-0.05, 0) is 33.2 Å². The van der Waals surface area contributed by atoms with Gasteiger partial charge in [0.15, 0.2) is 5.96 Å². The molecule has 0 bridgehead atoms. The van der Waals surface area contributed by atoms with Gasteiger partial charge in [0.05, 0.1) is 12.2 Å². The molecule has 0 aromatic carbocycles. The standard InChI is InChI=1S/C15H27N5S/c1-5-20(13-6-7-13)9-8-17-15(16-4)18-10-14-19-11(2)12(3)21-14/h13H,5-10H2,1-4H3,(H2,16,17,18). The van der Waals surface area contributed by atoms with Crippen LogP contribution in [0.5, 0.6) is 0 Å². The first-order valence-corrected chi connectivity index (χ1v) is 8.57. The molecule has 0 spiro atoms. The maximum Gasteiger partial charge on any atom is 0.191 e. The van der Waals surface area contributed by atoms with Crippen LogP contribution in [0.1, 0.15) is 35.3 Å². The highest BCUT2D eigenvalue weighted by atomic mass is 32.1. The third-order valence-corrected chi connectivity index (χ3v) is 4.94. The highest BCUT2D eigenvalue weighted by Crippen LogP contribution is 2.25. The van der Waals surface area contributed by atoms with Crippen molar-refractivity contribution < 1.29 is 0 Å². The van der Waals surface area contributed by atoms with Crippen molar-refractivity contribution in [3.63, 3.8) is 0 Å². The van der Waals surface area contributed by atoms with E-state index in [2.05, 4.69) is 46.3 Å². The molecule has 1 heterocycles. The average Bonchev–Trinajstić information content (AvgIpc) is 3.25. The van der Waals surface area contributed by atoms with E-state index in [4.69, 9.17) is 0 Å². The van der Waals surface area contributed by atoms with Gasteiger partial charge in [0.2, 0.25) is 0 Å². The number of rotatable bonds is 7. The molecule has 1 saturated carbocycles. The number of nitrogens with one attached hydrogen (secondary N) is 2. The van der Waals surface area contributed by atoms with Gasteiger partial charge in [0, 0.05) is 31.1 Å². The minimum Gasteiger partial charge on any atom is -0.355 e. The first-order valence-electron chi connectivity index (χ1n) is 7.75. The summed E-state index contributed by atoms with van der Waals surface area (Å²) in [4.78, 5) is 12.6. The van der Waals surface area contributed by atoms with Crippen LogP contribution in [0.3, 0.4) is 0 Å². The fourth-order valence-electron chi connectivity index (χ4n) is 2.35. The van der Waals surface area contributed by atoms with Crippen LogP contribution in [0.4, 0.5) is 0 Å². The third kappa shape index (κ3) is 4.97. The number of likely N-dealkylation sites (N-methyl/N-ethyl adjacent to an activating group) is 1. The van der Waals surface area contributed by atoms with Gasteiger partial charge in [-0.2, -0.15) is 0 Å². The fourth-order valence-corrected chi connectivity index (χ4v) is 3.22. The normalized spacial score (nSPS) is 15.6. The predicted octanol–water partition coefficient (Wildman–Crippen LogP) is 1.91. The van der Waals surface area contributed by atoms with E-state index in [0.717, 1.165) is 48.9 Å². The van der Waals surface area contributed by atoms with Crippen LogP contribution in [-0.2, 0) is 6.54 Å². The van der Waals surface area contributed by atoms with E-state index in [0.29, 0.717) is 0 Å². The van der Waals surface area contributed by atoms with Crippen molar-refractivity contribution in [2.75, 3.05) is 26.7 Å². The molecule has 1 aliphatic rings. The number of thiazole rings is 1. The summed E-state index contributed by atoms with van der Waals surface area (Å²) in [6.07, 6.45) is 2.73. The summed E-state index contributed by atoms with van der Waals surface area (Å²) < 4.78 is 0. The quantitative estimate of drug-likeness (QED) is 0.597. The Morgan fingerprint density at radius 2 is 2.14 bits per heavy atom. The van der Waals surface area contributed by atoms with Gasteiger partial charge in [0.1, 0.15) is 5.01 Å². The van der Waals surface area contributed by atoms with E-state index in [-0.39, 0.29) is 0 Å². The van der Waals surface area contributed by atoms with Crippen molar-refractivity contribution in [3.05, 3.63) is 15.6 Å².